The van der Waals surface area contributed by atoms with E-state index in [1.165, 1.54) is 0 Å². The first kappa shape index (κ1) is 15.5. The number of aryl methyl sites for hydroxylation is 1. The molecular weight excluding hydrogens is 288 g/mol. The van der Waals surface area contributed by atoms with Crippen molar-refractivity contribution in [1.29, 1.82) is 0 Å². The van der Waals surface area contributed by atoms with Crippen LogP contribution in [0.3, 0.4) is 0 Å². The van der Waals surface area contributed by atoms with Crippen LogP contribution in [0.2, 0.25) is 0 Å². The van der Waals surface area contributed by atoms with E-state index in [-0.39, 0.29) is 11.5 Å². The number of ether oxygens (including phenoxy) is 1. The van der Waals surface area contributed by atoms with E-state index in [1.54, 1.807) is 32.2 Å². The Morgan fingerprint density at radius 1 is 1.10 bits per heavy atom. The SMILES string of the molecule is CCOS(=O)(=O)c1ccc(C)cc1-c1cccc(OC)c1. The second kappa shape index (κ2) is 6.28. The molecule has 0 amide bonds. The third kappa shape index (κ3) is 3.43. The van der Waals surface area contributed by atoms with Gasteiger partial charge in [-0.3, -0.25) is 4.18 Å². The van der Waals surface area contributed by atoms with Crippen molar-refractivity contribution in [2.75, 3.05) is 13.7 Å². The lowest BCUT2D eigenvalue weighted by molar-refractivity contribution is 0.338. The summed E-state index contributed by atoms with van der Waals surface area (Å²) in [6.45, 7) is 3.67. The maximum Gasteiger partial charge on any atom is 0.297 e. The summed E-state index contributed by atoms with van der Waals surface area (Å²) in [4.78, 5) is 0.170. The van der Waals surface area contributed by atoms with Gasteiger partial charge in [-0.15, -0.1) is 0 Å². The predicted octanol–water partition coefficient (Wildman–Crippen LogP) is 3.40. The highest BCUT2D eigenvalue weighted by atomic mass is 32.2. The van der Waals surface area contributed by atoms with Gasteiger partial charge in [-0.1, -0.05) is 29.8 Å². The van der Waals surface area contributed by atoms with Gasteiger partial charge in [0.05, 0.1) is 13.7 Å². The molecule has 0 bridgehead atoms. The van der Waals surface area contributed by atoms with Crippen molar-refractivity contribution in [2.24, 2.45) is 0 Å². The highest BCUT2D eigenvalue weighted by Gasteiger charge is 2.20. The zero-order valence-corrected chi connectivity index (χ0v) is 13.1. The zero-order chi connectivity index (χ0) is 15.5. The van der Waals surface area contributed by atoms with Crippen LogP contribution in [0.4, 0.5) is 0 Å². The fourth-order valence-electron chi connectivity index (χ4n) is 2.10. The van der Waals surface area contributed by atoms with E-state index >= 15 is 0 Å². The van der Waals surface area contributed by atoms with Crippen molar-refractivity contribution in [3.8, 4) is 16.9 Å². The van der Waals surface area contributed by atoms with Crippen LogP contribution in [0, 0.1) is 6.92 Å². The molecule has 0 saturated heterocycles. The fourth-order valence-corrected chi connectivity index (χ4v) is 3.21. The molecule has 2 aromatic rings. The molecule has 0 aliphatic carbocycles. The highest BCUT2D eigenvalue weighted by molar-refractivity contribution is 7.87. The van der Waals surface area contributed by atoms with Gasteiger partial charge in [0, 0.05) is 5.56 Å². The van der Waals surface area contributed by atoms with Gasteiger partial charge in [0.2, 0.25) is 0 Å². The molecule has 5 heteroatoms. The second-order valence-electron chi connectivity index (χ2n) is 4.59. The van der Waals surface area contributed by atoms with E-state index < -0.39 is 10.1 Å². The van der Waals surface area contributed by atoms with E-state index in [0.717, 1.165) is 11.1 Å². The molecule has 0 atom stereocenters. The standard InChI is InChI=1S/C16H18O4S/c1-4-20-21(17,18)16-9-8-12(2)10-15(16)13-6-5-7-14(11-13)19-3/h5-11H,4H2,1-3H3. The molecule has 0 heterocycles. The van der Waals surface area contributed by atoms with Crippen molar-refractivity contribution in [1.82, 2.24) is 0 Å². The Balaban J connectivity index is 2.64. The van der Waals surface area contributed by atoms with Crippen LogP contribution in [0.1, 0.15) is 12.5 Å². The van der Waals surface area contributed by atoms with Gasteiger partial charge < -0.3 is 4.74 Å². The molecule has 0 fully saturated rings. The minimum Gasteiger partial charge on any atom is -0.497 e. The van der Waals surface area contributed by atoms with Crippen LogP contribution in [-0.2, 0) is 14.3 Å². The first-order chi connectivity index (χ1) is 9.97. The summed E-state index contributed by atoms with van der Waals surface area (Å²) < 4.78 is 34.6. The Morgan fingerprint density at radius 3 is 2.52 bits per heavy atom. The lowest BCUT2D eigenvalue weighted by atomic mass is 10.0. The predicted molar refractivity (Wildman–Crippen MR) is 82.0 cm³/mol. The van der Waals surface area contributed by atoms with E-state index in [0.29, 0.717) is 11.3 Å². The molecule has 0 saturated carbocycles. The minimum absolute atomic E-state index is 0.105. The number of hydrogen-bond acceptors (Lipinski definition) is 4. The van der Waals surface area contributed by atoms with Crippen molar-refractivity contribution >= 4 is 10.1 Å². The molecule has 0 N–H and O–H groups in total. The number of rotatable bonds is 5. The summed E-state index contributed by atoms with van der Waals surface area (Å²) in [6, 6.07) is 12.5. The van der Waals surface area contributed by atoms with Crippen LogP contribution in [0.25, 0.3) is 11.1 Å². The number of hydrogen-bond donors (Lipinski definition) is 0. The topological polar surface area (TPSA) is 52.6 Å². The number of methoxy groups -OCH3 is 1. The molecule has 4 nitrogen and oxygen atoms in total. The Hall–Kier alpha value is -1.85. The molecule has 0 aromatic heterocycles. The Bertz CT molecular complexity index is 736. The Morgan fingerprint density at radius 2 is 1.86 bits per heavy atom. The second-order valence-corrected chi connectivity index (χ2v) is 6.18. The van der Waals surface area contributed by atoms with Crippen LogP contribution in [0.5, 0.6) is 5.75 Å². The first-order valence-electron chi connectivity index (χ1n) is 6.62. The Kier molecular flexibility index (Phi) is 4.65. The van der Waals surface area contributed by atoms with Crippen LogP contribution in [0.15, 0.2) is 47.4 Å². The van der Waals surface area contributed by atoms with Crippen molar-refractivity contribution < 1.29 is 17.3 Å². The molecule has 2 rings (SSSR count). The fraction of sp³-hybridized carbons (Fsp3) is 0.250. The van der Waals surface area contributed by atoms with E-state index in [4.69, 9.17) is 8.92 Å². The molecular formula is C16H18O4S. The van der Waals surface area contributed by atoms with Crippen LogP contribution >= 0.6 is 0 Å². The summed E-state index contributed by atoms with van der Waals surface area (Å²) in [5, 5.41) is 0. The Labute approximate surface area is 125 Å². The van der Waals surface area contributed by atoms with Gasteiger partial charge in [-0.2, -0.15) is 8.42 Å². The lowest BCUT2D eigenvalue weighted by Crippen LogP contribution is -2.07. The molecule has 0 spiro atoms. The van der Waals surface area contributed by atoms with Gasteiger partial charge in [-0.05, 0) is 37.6 Å². The van der Waals surface area contributed by atoms with E-state index in [9.17, 15) is 8.42 Å². The molecule has 0 aliphatic rings. The first-order valence-corrected chi connectivity index (χ1v) is 8.03. The molecule has 112 valence electrons. The zero-order valence-electron chi connectivity index (χ0n) is 12.3. The summed E-state index contributed by atoms with van der Waals surface area (Å²) >= 11 is 0. The van der Waals surface area contributed by atoms with Crippen molar-refractivity contribution in [3.05, 3.63) is 48.0 Å². The average molecular weight is 306 g/mol. The maximum absolute atomic E-state index is 12.2. The minimum atomic E-state index is -3.77. The van der Waals surface area contributed by atoms with Crippen molar-refractivity contribution in [3.63, 3.8) is 0 Å². The lowest BCUT2D eigenvalue weighted by Gasteiger charge is -2.12. The van der Waals surface area contributed by atoms with E-state index in [2.05, 4.69) is 0 Å². The van der Waals surface area contributed by atoms with Gasteiger partial charge in [0.15, 0.2) is 0 Å². The smallest absolute Gasteiger partial charge is 0.297 e. The summed E-state index contributed by atoms with van der Waals surface area (Å²) in [6.07, 6.45) is 0. The molecule has 0 radical (unpaired) electrons. The van der Waals surface area contributed by atoms with Gasteiger partial charge >= 0.3 is 0 Å². The van der Waals surface area contributed by atoms with Gasteiger partial charge in [0.25, 0.3) is 10.1 Å². The summed E-state index contributed by atoms with van der Waals surface area (Å²) in [5.74, 6) is 0.675. The molecule has 2 aromatic carbocycles. The molecule has 0 aliphatic heterocycles. The van der Waals surface area contributed by atoms with Gasteiger partial charge in [0.1, 0.15) is 10.6 Å². The molecule has 0 unspecified atom stereocenters. The summed E-state index contributed by atoms with van der Waals surface area (Å²) in [5.41, 5.74) is 2.36. The quantitative estimate of drug-likeness (QED) is 0.795. The normalized spacial score (nSPS) is 11.4. The average Bonchev–Trinajstić information content (AvgIpc) is 2.47. The third-order valence-corrected chi connectivity index (χ3v) is 4.50. The maximum atomic E-state index is 12.2. The summed E-state index contributed by atoms with van der Waals surface area (Å²) in [7, 11) is -2.19. The van der Waals surface area contributed by atoms with E-state index in [1.807, 2.05) is 31.2 Å². The largest absolute Gasteiger partial charge is 0.497 e. The third-order valence-electron chi connectivity index (χ3n) is 3.06. The van der Waals surface area contributed by atoms with Crippen LogP contribution in [-0.4, -0.2) is 22.1 Å². The van der Waals surface area contributed by atoms with Gasteiger partial charge in [-0.25, -0.2) is 0 Å². The van der Waals surface area contributed by atoms with Crippen LogP contribution < -0.4 is 4.74 Å². The molecule has 21 heavy (non-hydrogen) atoms. The monoisotopic (exact) mass is 306 g/mol. The highest BCUT2D eigenvalue weighted by Crippen LogP contribution is 2.31. The van der Waals surface area contributed by atoms with Crippen molar-refractivity contribution in [2.45, 2.75) is 18.7 Å². The number of benzene rings is 2.